The first-order valence-electron chi connectivity index (χ1n) is 19.9. The van der Waals surface area contributed by atoms with E-state index in [2.05, 4.69) is 29.6 Å². The Kier molecular flexibility index (Phi) is 10.5. The van der Waals surface area contributed by atoms with Crippen molar-refractivity contribution in [2.75, 3.05) is 42.9 Å². The predicted octanol–water partition coefficient (Wildman–Crippen LogP) is 7.92. The number of hydrogen-bond acceptors (Lipinski definition) is 6. The molecule has 0 aromatic heterocycles. The largest absolute Gasteiger partial charge is 0.489 e. The number of halogens is 1. The number of amides is 3. The summed E-state index contributed by atoms with van der Waals surface area (Å²) in [6, 6.07) is 30.6. The summed E-state index contributed by atoms with van der Waals surface area (Å²) in [6.45, 7) is 9.54. The molecule has 1 atom stereocenters. The van der Waals surface area contributed by atoms with Crippen LogP contribution in [-0.2, 0) is 17.9 Å². The van der Waals surface area contributed by atoms with E-state index < -0.39 is 17.3 Å². The molecule has 0 radical (unpaired) electrons. The number of piperidine rings is 4. The molecule has 5 saturated heterocycles. The van der Waals surface area contributed by atoms with Gasteiger partial charge in [-0.1, -0.05) is 60.1 Å². The van der Waals surface area contributed by atoms with Crippen LogP contribution in [0.2, 0.25) is 5.02 Å². The van der Waals surface area contributed by atoms with Crippen molar-refractivity contribution < 1.29 is 33.8 Å². The lowest BCUT2D eigenvalue weighted by molar-refractivity contribution is -0.955. The molecule has 5 aliphatic heterocycles. The van der Waals surface area contributed by atoms with Gasteiger partial charge in [0.25, 0.3) is 0 Å². The highest BCUT2D eigenvalue weighted by Crippen LogP contribution is 2.57. The number of nitrogens with one attached hydrogen (secondary N) is 1. The second-order valence-electron chi connectivity index (χ2n) is 16.8. The molecule has 294 valence electrons. The van der Waals surface area contributed by atoms with Crippen molar-refractivity contribution in [1.29, 1.82) is 0 Å². The van der Waals surface area contributed by atoms with Gasteiger partial charge in [0.1, 0.15) is 24.7 Å². The van der Waals surface area contributed by atoms with Crippen molar-refractivity contribution in [3.8, 4) is 11.5 Å². The van der Waals surface area contributed by atoms with Crippen molar-refractivity contribution in [1.82, 2.24) is 4.90 Å². The fourth-order valence-corrected chi connectivity index (χ4v) is 9.37. The van der Waals surface area contributed by atoms with Crippen LogP contribution in [-0.4, -0.2) is 76.1 Å². The minimum Gasteiger partial charge on any atom is -0.489 e. The Bertz CT molecular complexity index is 2010. The monoisotopic (exact) mass is 779 g/mol. The summed E-state index contributed by atoms with van der Waals surface area (Å²) in [5.41, 5.74) is 2.83. The van der Waals surface area contributed by atoms with E-state index >= 15 is 0 Å². The van der Waals surface area contributed by atoms with E-state index in [0.29, 0.717) is 49.0 Å². The van der Waals surface area contributed by atoms with Gasteiger partial charge in [0.05, 0.1) is 41.8 Å². The van der Waals surface area contributed by atoms with E-state index in [1.165, 1.54) is 48.9 Å². The van der Waals surface area contributed by atoms with Crippen LogP contribution in [0.25, 0.3) is 0 Å². The third-order valence-electron chi connectivity index (χ3n) is 12.8. The molecule has 1 unspecified atom stereocenters. The molecule has 0 saturated carbocycles. The number of para-hydroxylation sites is 1. The first kappa shape index (κ1) is 38.3. The average molecular weight is 780 g/mol. The fourth-order valence-electron chi connectivity index (χ4n) is 9.19. The molecule has 3 amide bonds. The molecule has 9 rings (SSSR count). The Morgan fingerprint density at radius 2 is 1.48 bits per heavy atom. The number of anilines is 2. The number of ether oxygens (including phenoxy) is 2. The zero-order valence-electron chi connectivity index (χ0n) is 32.2. The fraction of sp³-hybridized carbons (Fsp3) is 0.422. The summed E-state index contributed by atoms with van der Waals surface area (Å²) in [7, 11) is 0. The molecule has 0 aliphatic carbocycles. The maximum Gasteiger partial charge on any atom is 0.321 e. The third kappa shape index (κ3) is 7.60. The van der Waals surface area contributed by atoms with Gasteiger partial charge in [-0.2, -0.15) is 0 Å². The number of hydrogen-bond donors (Lipinski definition) is 3. The lowest BCUT2D eigenvalue weighted by Crippen LogP contribution is -2.67. The molecule has 5 aliphatic rings. The first-order chi connectivity index (χ1) is 26.9. The van der Waals surface area contributed by atoms with Crippen LogP contribution in [0.5, 0.6) is 11.5 Å². The van der Waals surface area contributed by atoms with Gasteiger partial charge >= 0.3 is 6.03 Å². The van der Waals surface area contributed by atoms with E-state index in [1.54, 1.807) is 43.0 Å². The maximum absolute atomic E-state index is 14.3. The highest BCUT2D eigenvalue weighted by atomic mass is 35.5. The van der Waals surface area contributed by atoms with E-state index in [9.17, 15) is 19.8 Å². The van der Waals surface area contributed by atoms with Crippen LogP contribution in [0, 0.1) is 11.3 Å². The van der Waals surface area contributed by atoms with Gasteiger partial charge < -0.3 is 39.3 Å². The molecule has 3 N–H and O–H groups in total. The number of aliphatic hydroxyl groups is 2. The minimum absolute atomic E-state index is 0.0201. The molecule has 1 spiro atoms. The SMILES string of the molecule is CC(C)(Oc1ccc(C2N(c3ccc(OCc4ccc(C[N+]56CCC(CC5)CC6)cc4)cc3)C(=O)C23CCN(C(=O)Nc2ccccc2Cl)CC3)cc1)C(O)O. The van der Waals surface area contributed by atoms with Crippen molar-refractivity contribution in [2.45, 2.75) is 77.0 Å². The summed E-state index contributed by atoms with van der Waals surface area (Å²) in [5, 5.41) is 22.9. The summed E-state index contributed by atoms with van der Waals surface area (Å²) in [6.07, 6.45) is 3.45. The van der Waals surface area contributed by atoms with Crippen LogP contribution < -0.4 is 19.7 Å². The Hall–Kier alpha value is -4.61. The van der Waals surface area contributed by atoms with Gasteiger partial charge in [-0.15, -0.1) is 0 Å². The third-order valence-corrected chi connectivity index (χ3v) is 13.1. The molecule has 5 fully saturated rings. The Labute approximate surface area is 334 Å². The quantitative estimate of drug-likeness (QED) is 0.0811. The number of urea groups is 1. The van der Waals surface area contributed by atoms with Gasteiger partial charge in [-0.05, 0) is 112 Å². The zero-order valence-corrected chi connectivity index (χ0v) is 33.0. The van der Waals surface area contributed by atoms with Crippen LogP contribution in [0.1, 0.15) is 68.7 Å². The zero-order chi connectivity index (χ0) is 39.1. The van der Waals surface area contributed by atoms with Crippen LogP contribution in [0.4, 0.5) is 16.2 Å². The summed E-state index contributed by atoms with van der Waals surface area (Å²) >= 11 is 6.30. The van der Waals surface area contributed by atoms with Crippen molar-refractivity contribution in [3.63, 3.8) is 0 Å². The number of nitrogens with zero attached hydrogens (tertiary/aromatic N) is 3. The topological polar surface area (TPSA) is 112 Å². The summed E-state index contributed by atoms with van der Waals surface area (Å²) in [4.78, 5) is 31.2. The van der Waals surface area contributed by atoms with Crippen molar-refractivity contribution in [2.24, 2.45) is 11.3 Å². The molecule has 5 heterocycles. The lowest BCUT2D eigenvalue weighted by atomic mass is 9.62. The molecule has 4 aromatic carbocycles. The number of quaternary nitrogens is 1. The van der Waals surface area contributed by atoms with E-state index in [0.717, 1.165) is 35.0 Å². The minimum atomic E-state index is -1.66. The van der Waals surface area contributed by atoms with Crippen LogP contribution >= 0.6 is 11.6 Å². The maximum atomic E-state index is 14.3. The second kappa shape index (κ2) is 15.4. The second-order valence-corrected chi connectivity index (χ2v) is 17.2. The van der Waals surface area contributed by atoms with Gasteiger partial charge in [-0.25, -0.2) is 4.79 Å². The smallest absolute Gasteiger partial charge is 0.321 e. The molecule has 4 aromatic rings. The van der Waals surface area contributed by atoms with E-state index in [4.69, 9.17) is 21.1 Å². The number of β-lactam (4-membered cyclic amide) rings is 1. The van der Waals surface area contributed by atoms with Gasteiger partial charge in [-0.3, -0.25) is 4.79 Å². The normalized spacial score (nSPS) is 22.9. The van der Waals surface area contributed by atoms with E-state index in [1.807, 2.05) is 53.4 Å². The molecule has 56 heavy (non-hydrogen) atoms. The summed E-state index contributed by atoms with van der Waals surface area (Å²) in [5.74, 6) is 2.18. The van der Waals surface area contributed by atoms with Gasteiger partial charge in [0.2, 0.25) is 5.91 Å². The van der Waals surface area contributed by atoms with Gasteiger partial charge in [0, 0.05) is 24.3 Å². The Balaban J connectivity index is 0.953. The number of rotatable bonds is 11. The van der Waals surface area contributed by atoms with Crippen molar-refractivity contribution >= 4 is 34.9 Å². The Morgan fingerprint density at radius 1 is 0.875 bits per heavy atom. The lowest BCUT2D eigenvalue weighted by Gasteiger charge is -2.59. The first-order valence-corrected chi connectivity index (χ1v) is 20.3. The number of carbonyl (C=O) groups excluding carboxylic acids is 2. The molecular formula is C45H52ClN4O6+. The van der Waals surface area contributed by atoms with Crippen LogP contribution in [0.15, 0.2) is 97.1 Å². The number of aliphatic hydroxyl groups excluding tert-OH is 1. The molecule has 10 nitrogen and oxygen atoms in total. The van der Waals surface area contributed by atoms with Crippen LogP contribution in [0.3, 0.4) is 0 Å². The number of benzene rings is 4. The average Bonchev–Trinajstić information content (AvgIpc) is 3.21. The summed E-state index contributed by atoms with van der Waals surface area (Å²) < 4.78 is 13.3. The van der Waals surface area contributed by atoms with E-state index in [-0.39, 0.29) is 18.0 Å². The highest BCUT2D eigenvalue weighted by molar-refractivity contribution is 6.33. The number of fused-ring (bicyclic) bond motifs is 3. The molecular weight excluding hydrogens is 728 g/mol. The van der Waals surface area contributed by atoms with Gasteiger partial charge in [0.15, 0.2) is 11.9 Å². The van der Waals surface area contributed by atoms with Crippen molar-refractivity contribution in [3.05, 3.63) is 119 Å². The molecule has 2 bridgehead atoms. The predicted molar refractivity (Wildman–Crippen MR) is 216 cm³/mol. The number of likely N-dealkylation sites (tertiary alicyclic amines) is 1. The molecule has 11 heteroatoms. The number of carbonyl (C=O) groups is 2. The Morgan fingerprint density at radius 3 is 2.11 bits per heavy atom. The highest BCUT2D eigenvalue weighted by Gasteiger charge is 2.62. The standard InChI is InChI=1S/C45H51ClN4O6/c1-44(2,42(52)53)56-37-15-11-34(12-16-37)40-45(22-24-48(25-23-45)43(54)47-39-6-4-3-5-38(39)46)41(51)49(40)35-13-17-36(18-14-35)55-30-33-9-7-32(8-10-33)29-50-26-19-31(20-27-50)21-28-50/h3-18,31,40,42,52-53H,19-30H2,1-2H3/p+1.